The second-order valence-electron chi connectivity index (χ2n) is 10.1. The number of carbonyl (C=O) groups is 3. The van der Waals surface area contributed by atoms with Gasteiger partial charge in [-0.15, -0.1) is 13.2 Å². The van der Waals surface area contributed by atoms with Crippen molar-refractivity contribution >= 4 is 17.7 Å². The fourth-order valence-corrected chi connectivity index (χ4v) is 6.09. The smallest absolute Gasteiger partial charge is 0.248 e. The van der Waals surface area contributed by atoms with Gasteiger partial charge in [0.1, 0.15) is 11.6 Å². The molecule has 0 aromatic heterocycles. The topological polar surface area (TPSA) is 90.4 Å². The van der Waals surface area contributed by atoms with E-state index in [0.717, 1.165) is 25.7 Å². The van der Waals surface area contributed by atoms with Gasteiger partial charge in [0.2, 0.25) is 17.7 Å². The maximum Gasteiger partial charge on any atom is 0.248 e. The van der Waals surface area contributed by atoms with Crippen LogP contribution >= 0.6 is 0 Å². The molecule has 1 spiro atoms. The van der Waals surface area contributed by atoms with Crippen LogP contribution in [0.5, 0.6) is 0 Å². The lowest BCUT2D eigenvalue weighted by Gasteiger charge is -2.38. The molecule has 1 N–H and O–H groups in total. The van der Waals surface area contributed by atoms with Crippen molar-refractivity contribution in [3.63, 3.8) is 0 Å². The molecular weight excluding hydrogens is 434 g/mol. The Hall–Kier alpha value is -2.19. The van der Waals surface area contributed by atoms with Gasteiger partial charge >= 0.3 is 0 Å². The zero-order valence-electron chi connectivity index (χ0n) is 20.9. The van der Waals surface area contributed by atoms with E-state index in [2.05, 4.69) is 13.2 Å². The number of aliphatic hydroxyl groups excluding tert-OH is 1. The maximum atomic E-state index is 14.0. The van der Waals surface area contributed by atoms with Crippen molar-refractivity contribution in [1.29, 1.82) is 0 Å². The molecule has 0 radical (unpaired) electrons. The Morgan fingerprint density at radius 1 is 1.18 bits per heavy atom. The molecule has 5 atom stereocenters. The van der Waals surface area contributed by atoms with E-state index in [1.807, 2.05) is 13.8 Å². The van der Waals surface area contributed by atoms with Gasteiger partial charge in [-0.25, -0.2) is 0 Å². The summed E-state index contributed by atoms with van der Waals surface area (Å²) in [7, 11) is 1.72. The summed E-state index contributed by atoms with van der Waals surface area (Å²) in [6, 6.07) is -0.796. The molecule has 0 saturated carbocycles. The SMILES string of the molecule is C=CCN(C)C(=O)[C@@H]1[C@H]2C(=O)N(CCCCCCO)C(C(=O)N(CC=C)C(C)C)C23CC[C@H]1O3. The lowest BCUT2D eigenvalue weighted by molar-refractivity contribution is -0.149. The number of carbonyl (C=O) groups excluding carboxylic acids is 3. The molecule has 2 unspecified atom stereocenters. The summed E-state index contributed by atoms with van der Waals surface area (Å²) in [6.07, 6.45) is 7.47. The van der Waals surface area contributed by atoms with Crippen molar-refractivity contribution in [2.75, 3.05) is 33.3 Å². The van der Waals surface area contributed by atoms with Crippen molar-refractivity contribution in [2.24, 2.45) is 11.8 Å². The Balaban J connectivity index is 1.95. The summed E-state index contributed by atoms with van der Waals surface area (Å²) in [4.78, 5) is 46.2. The van der Waals surface area contributed by atoms with Gasteiger partial charge in [-0.3, -0.25) is 14.4 Å². The molecule has 0 aromatic carbocycles. The number of rotatable bonds is 13. The van der Waals surface area contributed by atoms with Crippen molar-refractivity contribution in [1.82, 2.24) is 14.7 Å². The molecule has 3 saturated heterocycles. The Morgan fingerprint density at radius 2 is 1.85 bits per heavy atom. The highest BCUT2D eigenvalue weighted by Gasteiger charge is 2.74. The van der Waals surface area contributed by atoms with Crippen LogP contribution in [0.3, 0.4) is 0 Å². The van der Waals surface area contributed by atoms with Crippen molar-refractivity contribution in [3.05, 3.63) is 25.3 Å². The molecule has 190 valence electrons. The summed E-state index contributed by atoms with van der Waals surface area (Å²) >= 11 is 0. The molecule has 3 heterocycles. The van der Waals surface area contributed by atoms with Gasteiger partial charge < -0.3 is 24.5 Å². The van der Waals surface area contributed by atoms with Crippen LogP contribution in [0.25, 0.3) is 0 Å². The van der Waals surface area contributed by atoms with Gasteiger partial charge in [-0.2, -0.15) is 0 Å². The van der Waals surface area contributed by atoms with Gasteiger partial charge in [0, 0.05) is 39.3 Å². The van der Waals surface area contributed by atoms with Crippen LogP contribution < -0.4 is 0 Å². The first kappa shape index (κ1) is 26.4. The molecule has 3 fully saturated rings. The minimum absolute atomic E-state index is 0.0581. The first-order valence-electron chi connectivity index (χ1n) is 12.6. The predicted octanol–water partition coefficient (Wildman–Crippen LogP) is 1.98. The van der Waals surface area contributed by atoms with E-state index in [1.165, 1.54) is 0 Å². The van der Waals surface area contributed by atoms with Gasteiger partial charge in [-0.05, 0) is 39.5 Å². The van der Waals surface area contributed by atoms with E-state index in [9.17, 15) is 14.4 Å². The lowest BCUT2D eigenvalue weighted by atomic mass is 9.70. The molecular formula is C26H41N3O5. The quantitative estimate of drug-likeness (QED) is 0.325. The van der Waals surface area contributed by atoms with Crippen LogP contribution in [-0.4, -0.2) is 94.6 Å². The van der Waals surface area contributed by atoms with Crippen LogP contribution in [-0.2, 0) is 19.1 Å². The standard InChI is InChI=1S/C26H41N3O5/c1-6-14-27(5)23(31)20-19-12-13-26(34-19)21(20)24(32)29(16-10-8-9-11-17-30)22(26)25(33)28(15-7-2)18(3)4/h6-7,18-22,30H,1-2,8-17H2,3-5H3/t19-,20+,21+,22?,26?/m1/s1. The molecule has 3 rings (SSSR count). The number of ether oxygens (including phenoxy) is 1. The van der Waals surface area contributed by atoms with Gasteiger partial charge in [0.25, 0.3) is 0 Å². The van der Waals surface area contributed by atoms with E-state index in [0.29, 0.717) is 32.5 Å². The summed E-state index contributed by atoms with van der Waals surface area (Å²) in [5, 5.41) is 9.06. The van der Waals surface area contributed by atoms with Gasteiger partial charge in [-0.1, -0.05) is 25.0 Å². The second-order valence-corrected chi connectivity index (χ2v) is 10.1. The van der Waals surface area contributed by atoms with E-state index < -0.39 is 23.5 Å². The second kappa shape index (κ2) is 11.0. The number of aliphatic hydroxyl groups is 1. The van der Waals surface area contributed by atoms with E-state index in [-0.39, 0.29) is 36.5 Å². The first-order valence-corrected chi connectivity index (χ1v) is 12.6. The van der Waals surface area contributed by atoms with Crippen molar-refractivity contribution < 1.29 is 24.2 Å². The molecule has 3 aliphatic rings. The number of amides is 3. The average molecular weight is 476 g/mol. The Morgan fingerprint density at radius 3 is 2.47 bits per heavy atom. The molecule has 8 nitrogen and oxygen atoms in total. The third kappa shape index (κ3) is 4.54. The molecule has 8 heteroatoms. The third-order valence-corrected chi connectivity index (χ3v) is 7.64. The Bertz CT molecular complexity index is 799. The molecule has 34 heavy (non-hydrogen) atoms. The molecule has 3 amide bonds. The highest BCUT2D eigenvalue weighted by molar-refractivity contribution is 5.99. The van der Waals surface area contributed by atoms with Crippen LogP contribution in [0.4, 0.5) is 0 Å². The van der Waals surface area contributed by atoms with Gasteiger partial charge in [0.05, 0.1) is 17.9 Å². The largest absolute Gasteiger partial charge is 0.396 e. The number of fused-ring (bicyclic) bond motifs is 1. The first-order chi connectivity index (χ1) is 16.2. The van der Waals surface area contributed by atoms with Crippen molar-refractivity contribution in [2.45, 2.75) is 76.2 Å². The molecule has 3 aliphatic heterocycles. The third-order valence-electron chi connectivity index (χ3n) is 7.64. The molecule has 0 aliphatic carbocycles. The molecule has 2 bridgehead atoms. The van der Waals surface area contributed by atoms with Crippen molar-refractivity contribution in [3.8, 4) is 0 Å². The number of hydrogen-bond donors (Lipinski definition) is 1. The Kier molecular flexibility index (Phi) is 8.57. The summed E-state index contributed by atoms with van der Waals surface area (Å²) in [5.74, 6) is -1.61. The summed E-state index contributed by atoms with van der Waals surface area (Å²) in [5.41, 5.74) is -0.965. The number of unbranched alkanes of at least 4 members (excludes halogenated alkanes) is 3. The fourth-order valence-electron chi connectivity index (χ4n) is 6.09. The van der Waals surface area contributed by atoms with Crippen LogP contribution in [0.15, 0.2) is 25.3 Å². The number of hydrogen-bond acceptors (Lipinski definition) is 5. The van der Waals surface area contributed by atoms with Crippen LogP contribution in [0.2, 0.25) is 0 Å². The summed E-state index contributed by atoms with van der Waals surface area (Å²) in [6.45, 7) is 12.8. The summed E-state index contributed by atoms with van der Waals surface area (Å²) < 4.78 is 6.49. The normalized spacial score (nSPS) is 29.4. The van der Waals surface area contributed by atoms with Gasteiger partial charge in [0.15, 0.2) is 0 Å². The number of nitrogens with zero attached hydrogens (tertiary/aromatic N) is 3. The molecule has 0 aromatic rings. The van der Waals surface area contributed by atoms with Crippen LogP contribution in [0.1, 0.15) is 52.4 Å². The lowest BCUT2D eigenvalue weighted by Crippen LogP contribution is -2.57. The van der Waals surface area contributed by atoms with E-state index in [4.69, 9.17) is 9.84 Å². The average Bonchev–Trinajstić information content (AvgIpc) is 3.44. The maximum absolute atomic E-state index is 14.0. The Labute approximate surface area is 203 Å². The zero-order valence-corrected chi connectivity index (χ0v) is 20.9. The predicted molar refractivity (Wildman–Crippen MR) is 130 cm³/mol. The zero-order chi connectivity index (χ0) is 25.0. The highest BCUT2D eigenvalue weighted by Crippen LogP contribution is 2.59. The highest BCUT2D eigenvalue weighted by atomic mass is 16.5. The number of likely N-dealkylation sites (tertiary alicyclic amines) is 1. The van der Waals surface area contributed by atoms with E-state index in [1.54, 1.807) is 33.9 Å². The monoisotopic (exact) mass is 475 g/mol. The van der Waals surface area contributed by atoms with Crippen LogP contribution in [0, 0.1) is 11.8 Å². The number of likely N-dealkylation sites (N-methyl/N-ethyl adjacent to an activating group) is 1. The minimum Gasteiger partial charge on any atom is -0.396 e. The fraction of sp³-hybridized carbons (Fsp3) is 0.731. The van der Waals surface area contributed by atoms with E-state index >= 15 is 0 Å². The minimum atomic E-state index is -0.965.